The van der Waals surface area contributed by atoms with Crippen molar-refractivity contribution >= 4 is 15.9 Å². The van der Waals surface area contributed by atoms with Crippen LogP contribution in [0, 0.1) is 12.7 Å². The van der Waals surface area contributed by atoms with Gasteiger partial charge in [0.1, 0.15) is 17.3 Å². The van der Waals surface area contributed by atoms with Crippen molar-refractivity contribution in [2.75, 3.05) is 0 Å². The predicted molar refractivity (Wildman–Crippen MR) is 63.1 cm³/mol. The van der Waals surface area contributed by atoms with Gasteiger partial charge in [0.25, 0.3) is 0 Å². The number of hydrogen-bond donors (Lipinski definition) is 0. The molecule has 0 bridgehead atoms. The lowest BCUT2D eigenvalue weighted by atomic mass is 10.3. The summed E-state index contributed by atoms with van der Waals surface area (Å²) in [6, 6.07) is 6.40. The Morgan fingerprint density at radius 2 is 2.12 bits per heavy atom. The van der Waals surface area contributed by atoms with E-state index in [1.165, 1.54) is 6.07 Å². The molecule has 82 valence electrons. The fourth-order valence-corrected chi connectivity index (χ4v) is 1.49. The summed E-state index contributed by atoms with van der Waals surface area (Å²) in [5.41, 5.74) is 0.908. The maximum absolute atomic E-state index is 13.2. The lowest BCUT2D eigenvalue weighted by Gasteiger charge is -2.08. The van der Waals surface area contributed by atoms with Crippen LogP contribution in [0.3, 0.4) is 0 Å². The number of hydrogen-bond acceptors (Lipinski definition) is 2. The number of rotatable bonds is 2. The van der Waals surface area contributed by atoms with Crippen LogP contribution in [-0.2, 0) is 0 Å². The fraction of sp³-hybridized carbons (Fsp3) is 0.0833. The molecule has 0 N–H and O–H groups in total. The zero-order valence-corrected chi connectivity index (χ0v) is 10.2. The lowest BCUT2D eigenvalue weighted by molar-refractivity contribution is 0.472. The van der Waals surface area contributed by atoms with Gasteiger partial charge < -0.3 is 4.74 Å². The summed E-state index contributed by atoms with van der Waals surface area (Å²) in [5, 5.41) is 0. The normalized spacial score (nSPS) is 10.2. The van der Waals surface area contributed by atoms with Gasteiger partial charge >= 0.3 is 0 Å². The minimum absolute atomic E-state index is 0.343. The van der Waals surface area contributed by atoms with Crippen molar-refractivity contribution in [2.45, 2.75) is 6.92 Å². The van der Waals surface area contributed by atoms with E-state index < -0.39 is 0 Å². The molecule has 0 saturated heterocycles. The van der Waals surface area contributed by atoms with E-state index in [9.17, 15) is 4.39 Å². The fourth-order valence-electron chi connectivity index (χ4n) is 1.24. The zero-order valence-electron chi connectivity index (χ0n) is 8.58. The molecule has 1 aromatic carbocycles. The lowest BCUT2D eigenvalue weighted by Crippen LogP contribution is -1.89. The molecule has 1 aromatic heterocycles. The average Bonchev–Trinajstić information content (AvgIpc) is 2.27. The molecule has 0 aliphatic carbocycles. The summed E-state index contributed by atoms with van der Waals surface area (Å²) in [6.07, 6.45) is 3.34. The van der Waals surface area contributed by atoms with Crippen LogP contribution < -0.4 is 4.74 Å². The molecule has 0 aliphatic heterocycles. The van der Waals surface area contributed by atoms with E-state index in [2.05, 4.69) is 20.9 Å². The minimum atomic E-state index is -0.343. The van der Waals surface area contributed by atoms with Gasteiger partial charge in [-0.05, 0) is 41.1 Å². The summed E-state index contributed by atoms with van der Waals surface area (Å²) in [4.78, 5) is 3.96. The minimum Gasteiger partial charge on any atom is -0.457 e. The van der Waals surface area contributed by atoms with Gasteiger partial charge in [-0.2, -0.15) is 0 Å². The Hall–Kier alpha value is -1.42. The first kappa shape index (κ1) is 11.1. The Balaban J connectivity index is 2.28. The second-order valence-corrected chi connectivity index (χ2v) is 4.17. The Bertz CT molecular complexity index is 516. The highest BCUT2D eigenvalue weighted by atomic mass is 79.9. The molecular weight excluding hydrogens is 273 g/mol. The molecule has 0 atom stereocenters. The molecule has 0 aliphatic rings. The molecule has 0 spiro atoms. The number of benzene rings is 1. The summed E-state index contributed by atoms with van der Waals surface area (Å²) in [7, 11) is 0. The molecule has 4 heteroatoms. The Labute approximate surface area is 101 Å². The van der Waals surface area contributed by atoms with Crippen LogP contribution in [0.4, 0.5) is 4.39 Å². The number of halogens is 2. The maximum Gasteiger partial charge on any atom is 0.141 e. The maximum atomic E-state index is 13.2. The van der Waals surface area contributed by atoms with E-state index in [0.29, 0.717) is 16.0 Å². The van der Waals surface area contributed by atoms with Crippen LogP contribution in [-0.4, -0.2) is 4.98 Å². The van der Waals surface area contributed by atoms with Gasteiger partial charge in [0.05, 0.1) is 4.47 Å². The summed E-state index contributed by atoms with van der Waals surface area (Å²) < 4.78 is 19.2. The van der Waals surface area contributed by atoms with Gasteiger partial charge in [-0.15, -0.1) is 0 Å². The average molecular weight is 282 g/mol. The van der Waals surface area contributed by atoms with Crippen molar-refractivity contribution in [1.82, 2.24) is 4.98 Å². The van der Waals surface area contributed by atoms with Gasteiger partial charge in [-0.1, -0.05) is 0 Å². The van der Waals surface area contributed by atoms with Crippen LogP contribution in [0.2, 0.25) is 0 Å². The highest BCUT2D eigenvalue weighted by Crippen LogP contribution is 2.27. The Morgan fingerprint density at radius 3 is 2.81 bits per heavy atom. The van der Waals surface area contributed by atoms with Crippen molar-refractivity contribution in [3.8, 4) is 11.5 Å². The van der Waals surface area contributed by atoms with Gasteiger partial charge in [-0.25, -0.2) is 4.39 Å². The summed E-state index contributed by atoms with van der Waals surface area (Å²) >= 11 is 3.09. The monoisotopic (exact) mass is 281 g/mol. The van der Waals surface area contributed by atoms with E-state index in [0.717, 1.165) is 5.56 Å². The molecule has 2 rings (SSSR count). The number of aromatic nitrogens is 1. The van der Waals surface area contributed by atoms with Crippen LogP contribution in [0.15, 0.2) is 41.1 Å². The van der Waals surface area contributed by atoms with Crippen LogP contribution in [0.1, 0.15) is 5.56 Å². The molecule has 0 saturated carbocycles. The number of aryl methyl sites for hydroxylation is 1. The Kier molecular flexibility index (Phi) is 3.19. The number of nitrogens with zero attached hydrogens (tertiary/aromatic N) is 1. The molecule has 2 aromatic rings. The molecule has 0 unspecified atom stereocenters. The SMILES string of the molecule is Cc1cnccc1Oc1ccc(Br)c(F)c1. The van der Waals surface area contributed by atoms with Crippen LogP contribution in [0.5, 0.6) is 11.5 Å². The Morgan fingerprint density at radius 1 is 1.31 bits per heavy atom. The van der Waals surface area contributed by atoms with Crippen molar-refractivity contribution in [3.05, 3.63) is 52.5 Å². The van der Waals surface area contributed by atoms with E-state index in [1.54, 1.807) is 30.6 Å². The molecule has 0 fully saturated rings. The quantitative estimate of drug-likeness (QED) is 0.827. The van der Waals surface area contributed by atoms with Crippen molar-refractivity contribution in [2.24, 2.45) is 0 Å². The molecule has 16 heavy (non-hydrogen) atoms. The topological polar surface area (TPSA) is 22.1 Å². The van der Waals surface area contributed by atoms with Crippen LogP contribution in [0.25, 0.3) is 0 Å². The highest BCUT2D eigenvalue weighted by Gasteiger charge is 2.04. The van der Waals surface area contributed by atoms with E-state index in [4.69, 9.17) is 4.74 Å². The first-order valence-electron chi connectivity index (χ1n) is 4.70. The van der Waals surface area contributed by atoms with Gasteiger partial charge in [0, 0.05) is 24.0 Å². The first-order chi connectivity index (χ1) is 7.66. The summed E-state index contributed by atoms with van der Waals surface area (Å²) in [5.74, 6) is 0.802. The third-order valence-corrected chi connectivity index (χ3v) is 2.73. The molecule has 0 amide bonds. The molecular formula is C12H9BrFNO. The molecule has 0 radical (unpaired) electrons. The summed E-state index contributed by atoms with van der Waals surface area (Å²) in [6.45, 7) is 1.89. The molecule has 2 nitrogen and oxygen atoms in total. The standard InChI is InChI=1S/C12H9BrFNO/c1-8-7-15-5-4-12(8)16-9-2-3-10(13)11(14)6-9/h2-7H,1H3. The van der Waals surface area contributed by atoms with Crippen molar-refractivity contribution in [3.63, 3.8) is 0 Å². The first-order valence-corrected chi connectivity index (χ1v) is 5.49. The second kappa shape index (κ2) is 4.61. The van der Waals surface area contributed by atoms with Gasteiger partial charge in [0.15, 0.2) is 0 Å². The zero-order chi connectivity index (χ0) is 11.5. The molecule has 1 heterocycles. The number of pyridine rings is 1. The van der Waals surface area contributed by atoms with E-state index in [1.807, 2.05) is 6.92 Å². The third kappa shape index (κ3) is 2.39. The van der Waals surface area contributed by atoms with Crippen molar-refractivity contribution < 1.29 is 9.13 Å². The largest absolute Gasteiger partial charge is 0.457 e. The van der Waals surface area contributed by atoms with Gasteiger partial charge in [-0.3, -0.25) is 4.98 Å². The smallest absolute Gasteiger partial charge is 0.141 e. The number of ether oxygens (including phenoxy) is 1. The van der Waals surface area contributed by atoms with Crippen molar-refractivity contribution in [1.29, 1.82) is 0 Å². The predicted octanol–water partition coefficient (Wildman–Crippen LogP) is 4.08. The highest BCUT2D eigenvalue weighted by molar-refractivity contribution is 9.10. The second-order valence-electron chi connectivity index (χ2n) is 3.32. The third-order valence-electron chi connectivity index (χ3n) is 2.09. The van der Waals surface area contributed by atoms with E-state index >= 15 is 0 Å². The van der Waals surface area contributed by atoms with Crippen LogP contribution >= 0.6 is 15.9 Å². The van der Waals surface area contributed by atoms with Gasteiger partial charge in [0.2, 0.25) is 0 Å². The van der Waals surface area contributed by atoms with E-state index in [-0.39, 0.29) is 5.82 Å².